The predicted octanol–water partition coefficient (Wildman–Crippen LogP) is 2.87. The molecule has 0 radical (unpaired) electrons. The summed E-state index contributed by atoms with van der Waals surface area (Å²) < 4.78 is 17.9. The minimum atomic E-state index is -0.574. The molecule has 1 aliphatic heterocycles. The number of esters is 1. The Balaban J connectivity index is 1.93. The van der Waals surface area contributed by atoms with Crippen molar-refractivity contribution in [3.63, 3.8) is 0 Å². The molecule has 0 unspecified atom stereocenters. The van der Waals surface area contributed by atoms with E-state index in [9.17, 15) is 9.18 Å². The molecule has 0 amide bonds. The van der Waals surface area contributed by atoms with Gasteiger partial charge >= 0.3 is 5.97 Å². The lowest BCUT2D eigenvalue weighted by atomic mass is 10.1. The minimum Gasteiger partial charge on any atom is -0.402 e. The van der Waals surface area contributed by atoms with Crippen molar-refractivity contribution in [1.29, 1.82) is 0 Å². The number of hydrogen-bond acceptors (Lipinski definition) is 4. The number of rotatable bonds is 2. The summed E-state index contributed by atoms with van der Waals surface area (Å²) in [6.07, 6.45) is 2.84. The van der Waals surface area contributed by atoms with Gasteiger partial charge in [0.25, 0.3) is 0 Å². The van der Waals surface area contributed by atoms with Gasteiger partial charge in [-0.3, -0.25) is 0 Å². The van der Waals surface area contributed by atoms with Crippen molar-refractivity contribution in [1.82, 2.24) is 4.98 Å². The molecule has 5 heteroatoms. The van der Waals surface area contributed by atoms with Crippen LogP contribution in [0.3, 0.4) is 0 Å². The molecule has 0 N–H and O–H groups in total. The van der Waals surface area contributed by atoms with Gasteiger partial charge in [-0.15, -0.1) is 0 Å². The van der Waals surface area contributed by atoms with Gasteiger partial charge < -0.3 is 4.74 Å². The van der Waals surface area contributed by atoms with Crippen molar-refractivity contribution in [2.75, 3.05) is 0 Å². The van der Waals surface area contributed by atoms with Crippen LogP contribution >= 0.6 is 0 Å². The van der Waals surface area contributed by atoms with Crippen molar-refractivity contribution < 1.29 is 13.9 Å². The zero-order valence-corrected chi connectivity index (χ0v) is 11.2. The molecule has 2 aromatic rings. The topological polar surface area (TPSA) is 51.5 Å². The van der Waals surface area contributed by atoms with Crippen molar-refractivity contribution in [2.45, 2.75) is 6.92 Å². The van der Waals surface area contributed by atoms with Crippen LogP contribution in [0.15, 0.2) is 53.3 Å². The van der Waals surface area contributed by atoms with Crippen molar-refractivity contribution in [2.24, 2.45) is 4.99 Å². The summed E-state index contributed by atoms with van der Waals surface area (Å²) >= 11 is 0. The van der Waals surface area contributed by atoms with Gasteiger partial charge in [0.1, 0.15) is 0 Å². The van der Waals surface area contributed by atoms with E-state index in [2.05, 4.69) is 9.98 Å². The number of aromatic nitrogens is 1. The van der Waals surface area contributed by atoms with E-state index < -0.39 is 11.9 Å². The third-order valence-corrected chi connectivity index (χ3v) is 2.94. The van der Waals surface area contributed by atoms with Crippen LogP contribution in [0.4, 0.5) is 4.39 Å². The van der Waals surface area contributed by atoms with Crippen LogP contribution in [0, 0.1) is 12.9 Å². The van der Waals surface area contributed by atoms with Gasteiger partial charge in [-0.1, -0.05) is 17.7 Å². The molecular weight excluding hydrogens is 271 g/mol. The summed E-state index contributed by atoms with van der Waals surface area (Å²) in [6, 6.07) is 10.3. The molecule has 1 aliphatic rings. The molecule has 0 saturated heterocycles. The Morgan fingerprint density at radius 1 is 1.24 bits per heavy atom. The van der Waals surface area contributed by atoms with E-state index in [0.717, 1.165) is 11.1 Å². The van der Waals surface area contributed by atoms with Crippen LogP contribution < -0.4 is 0 Å². The predicted molar refractivity (Wildman–Crippen MR) is 76.0 cm³/mol. The number of carbonyl (C=O) groups is 1. The van der Waals surface area contributed by atoms with Crippen LogP contribution in [0.2, 0.25) is 0 Å². The fraction of sp³-hybridized carbons (Fsp3) is 0.0625. The minimum absolute atomic E-state index is 0.167. The van der Waals surface area contributed by atoms with Crippen LogP contribution in [0.1, 0.15) is 16.7 Å². The van der Waals surface area contributed by atoms with Gasteiger partial charge in [0.2, 0.25) is 11.8 Å². The van der Waals surface area contributed by atoms with Gasteiger partial charge in [0, 0.05) is 11.8 Å². The quantitative estimate of drug-likeness (QED) is 0.483. The Kier molecular flexibility index (Phi) is 3.31. The summed E-state index contributed by atoms with van der Waals surface area (Å²) in [4.78, 5) is 19.5. The van der Waals surface area contributed by atoms with E-state index in [1.165, 1.54) is 24.4 Å². The SMILES string of the molecule is Cc1cccc(C2=N/C(=C\c3ccc(F)nc3)C(=O)O2)c1. The normalized spacial score (nSPS) is 16.0. The van der Waals surface area contributed by atoms with Crippen LogP contribution in [0.25, 0.3) is 6.08 Å². The first kappa shape index (κ1) is 13.2. The number of benzene rings is 1. The largest absolute Gasteiger partial charge is 0.402 e. The van der Waals surface area contributed by atoms with E-state index in [1.807, 2.05) is 31.2 Å². The second-order valence-corrected chi connectivity index (χ2v) is 4.62. The third kappa shape index (κ3) is 2.86. The first-order chi connectivity index (χ1) is 10.1. The molecule has 0 atom stereocenters. The summed E-state index contributed by atoms with van der Waals surface area (Å²) in [7, 11) is 0. The average Bonchev–Trinajstić information content (AvgIpc) is 2.83. The summed E-state index contributed by atoms with van der Waals surface area (Å²) in [6.45, 7) is 1.95. The molecule has 1 aromatic heterocycles. The maximum Gasteiger partial charge on any atom is 0.363 e. The highest BCUT2D eigenvalue weighted by molar-refractivity contribution is 6.12. The molecule has 0 aliphatic carbocycles. The van der Waals surface area contributed by atoms with E-state index in [0.29, 0.717) is 5.56 Å². The van der Waals surface area contributed by atoms with Crippen LogP contribution in [-0.4, -0.2) is 16.9 Å². The maximum atomic E-state index is 12.7. The van der Waals surface area contributed by atoms with Crippen LogP contribution in [0.5, 0.6) is 0 Å². The second kappa shape index (κ2) is 5.28. The monoisotopic (exact) mass is 282 g/mol. The Morgan fingerprint density at radius 2 is 2.10 bits per heavy atom. The van der Waals surface area contributed by atoms with E-state index in [4.69, 9.17) is 4.74 Å². The van der Waals surface area contributed by atoms with Gasteiger partial charge in [-0.2, -0.15) is 4.39 Å². The molecule has 21 heavy (non-hydrogen) atoms. The number of hydrogen-bond donors (Lipinski definition) is 0. The van der Waals surface area contributed by atoms with E-state index >= 15 is 0 Å². The van der Waals surface area contributed by atoms with Crippen LogP contribution in [-0.2, 0) is 9.53 Å². The summed E-state index contributed by atoms with van der Waals surface area (Å²) in [5.74, 6) is -0.837. The standard InChI is InChI=1S/C16H11FN2O2/c1-10-3-2-4-12(7-10)15-19-13(16(20)21-15)8-11-5-6-14(17)18-9-11/h2-9H,1H3/b13-8-. The third-order valence-electron chi connectivity index (χ3n) is 2.94. The Labute approximate surface area is 120 Å². The first-order valence-electron chi connectivity index (χ1n) is 6.33. The highest BCUT2D eigenvalue weighted by Crippen LogP contribution is 2.19. The number of pyridine rings is 1. The summed E-state index contributed by atoms with van der Waals surface area (Å²) in [5, 5.41) is 0. The molecule has 0 spiro atoms. The summed E-state index contributed by atoms with van der Waals surface area (Å²) in [5.41, 5.74) is 2.54. The number of aliphatic imine (C=N–C) groups is 1. The molecule has 2 heterocycles. The number of nitrogens with zero attached hydrogens (tertiary/aromatic N) is 2. The molecule has 4 nitrogen and oxygen atoms in total. The Bertz CT molecular complexity index is 764. The lowest BCUT2D eigenvalue weighted by molar-refractivity contribution is -0.129. The molecule has 0 fully saturated rings. The number of halogens is 1. The fourth-order valence-electron chi connectivity index (χ4n) is 1.94. The number of carbonyl (C=O) groups excluding carboxylic acids is 1. The second-order valence-electron chi connectivity index (χ2n) is 4.62. The van der Waals surface area contributed by atoms with E-state index in [1.54, 1.807) is 0 Å². The van der Waals surface area contributed by atoms with Crippen molar-refractivity contribution in [3.05, 3.63) is 70.9 Å². The number of ether oxygens (including phenoxy) is 1. The lowest BCUT2D eigenvalue weighted by Gasteiger charge is -1.99. The number of cyclic esters (lactones) is 1. The van der Waals surface area contributed by atoms with E-state index in [-0.39, 0.29) is 11.6 Å². The van der Waals surface area contributed by atoms with Gasteiger partial charge in [-0.05, 0) is 42.8 Å². The Morgan fingerprint density at radius 3 is 2.81 bits per heavy atom. The number of aryl methyl sites for hydroxylation is 1. The smallest absolute Gasteiger partial charge is 0.363 e. The zero-order chi connectivity index (χ0) is 14.8. The molecule has 104 valence electrons. The average molecular weight is 282 g/mol. The maximum absolute atomic E-state index is 12.7. The zero-order valence-electron chi connectivity index (χ0n) is 11.2. The van der Waals surface area contributed by atoms with Crippen molar-refractivity contribution >= 4 is 17.9 Å². The highest BCUT2D eigenvalue weighted by Gasteiger charge is 2.24. The fourth-order valence-corrected chi connectivity index (χ4v) is 1.94. The molecule has 3 rings (SSSR count). The molecule has 1 aromatic carbocycles. The molecule has 0 saturated carbocycles. The first-order valence-corrected chi connectivity index (χ1v) is 6.33. The molecule has 0 bridgehead atoms. The van der Waals surface area contributed by atoms with Gasteiger partial charge in [0.15, 0.2) is 5.70 Å². The molecular formula is C16H11FN2O2. The lowest BCUT2D eigenvalue weighted by Crippen LogP contribution is -2.05. The van der Waals surface area contributed by atoms with Crippen molar-refractivity contribution in [3.8, 4) is 0 Å². The highest BCUT2D eigenvalue weighted by atomic mass is 19.1. The Hall–Kier alpha value is -2.82. The van der Waals surface area contributed by atoms with Gasteiger partial charge in [0.05, 0.1) is 0 Å². The van der Waals surface area contributed by atoms with Gasteiger partial charge in [-0.25, -0.2) is 14.8 Å².